The van der Waals surface area contributed by atoms with Gasteiger partial charge in [0.15, 0.2) is 0 Å². The number of hydrogen-bond acceptors (Lipinski definition) is 2. The maximum atomic E-state index is 4.82. The smallest absolute Gasteiger partial charge is 0.125 e. The van der Waals surface area contributed by atoms with E-state index in [0.29, 0.717) is 6.04 Å². The number of rotatable bonds is 3. The van der Waals surface area contributed by atoms with Crippen LogP contribution in [0.15, 0.2) is 24.3 Å². The molecular formula is C17H23N3. The second-order valence-electron chi connectivity index (χ2n) is 5.81. The van der Waals surface area contributed by atoms with Crippen molar-refractivity contribution in [3.8, 4) is 0 Å². The van der Waals surface area contributed by atoms with Crippen LogP contribution in [-0.2, 0) is 6.42 Å². The van der Waals surface area contributed by atoms with Crippen LogP contribution in [0.25, 0.3) is 0 Å². The third-order valence-electron chi connectivity index (χ3n) is 4.10. The van der Waals surface area contributed by atoms with Crippen LogP contribution in [-0.4, -0.2) is 16.3 Å². The van der Waals surface area contributed by atoms with Crippen LogP contribution in [0.3, 0.4) is 0 Å². The van der Waals surface area contributed by atoms with Crippen molar-refractivity contribution in [2.45, 2.75) is 46.1 Å². The second kappa shape index (κ2) is 5.31. The predicted molar refractivity (Wildman–Crippen MR) is 83.4 cm³/mol. The number of anilines is 1. The molecule has 0 saturated heterocycles. The largest absolute Gasteiger partial charge is 0.370 e. The van der Waals surface area contributed by atoms with Gasteiger partial charge in [-0.05, 0) is 37.8 Å². The summed E-state index contributed by atoms with van der Waals surface area (Å²) in [5, 5.41) is 8.29. The molecule has 0 amide bonds. The molecule has 1 aromatic carbocycles. The van der Waals surface area contributed by atoms with Gasteiger partial charge in [-0.1, -0.05) is 37.1 Å². The number of fused-ring (bicyclic) bond motifs is 1. The molecule has 106 valence electrons. The lowest BCUT2D eigenvalue weighted by Crippen LogP contribution is -2.24. The number of nitrogens with zero attached hydrogens (tertiary/aromatic N) is 2. The molecule has 1 unspecified atom stereocenters. The van der Waals surface area contributed by atoms with Crippen LogP contribution in [0.2, 0.25) is 0 Å². The number of aromatic nitrogens is 2. The highest BCUT2D eigenvalue weighted by Gasteiger charge is 2.24. The average Bonchev–Trinajstić information content (AvgIpc) is 2.82. The van der Waals surface area contributed by atoms with Crippen molar-refractivity contribution in [3.63, 3.8) is 0 Å². The Morgan fingerprint density at radius 3 is 2.90 bits per heavy atom. The predicted octanol–water partition coefficient (Wildman–Crippen LogP) is 3.86. The Labute approximate surface area is 121 Å². The van der Waals surface area contributed by atoms with Crippen LogP contribution < -0.4 is 5.32 Å². The average molecular weight is 269 g/mol. The second-order valence-corrected chi connectivity index (χ2v) is 5.81. The number of hydrogen-bond donors (Lipinski definition) is 1. The fourth-order valence-electron chi connectivity index (χ4n) is 3.14. The van der Waals surface area contributed by atoms with Gasteiger partial charge in [-0.3, -0.25) is 0 Å². The summed E-state index contributed by atoms with van der Waals surface area (Å²) in [5.41, 5.74) is 5.30. The molecule has 0 fully saturated rings. The molecule has 3 heteroatoms. The van der Waals surface area contributed by atoms with Crippen molar-refractivity contribution in [2.75, 3.05) is 11.9 Å². The normalized spacial score (nSPS) is 17.6. The van der Waals surface area contributed by atoms with Gasteiger partial charge in [0.05, 0.1) is 11.7 Å². The summed E-state index contributed by atoms with van der Waals surface area (Å²) in [6, 6.07) is 9.33. The van der Waals surface area contributed by atoms with Gasteiger partial charge >= 0.3 is 0 Å². The summed E-state index contributed by atoms with van der Waals surface area (Å²) in [4.78, 5) is 0. The van der Waals surface area contributed by atoms with Gasteiger partial charge in [0.1, 0.15) is 5.82 Å². The fraction of sp³-hybridized carbons (Fsp3) is 0.471. The van der Waals surface area contributed by atoms with Gasteiger partial charge in [0, 0.05) is 12.6 Å². The standard InChI is InChI=1S/C17H23N3/c1-4-5-14-11-17-18-9-8-16(20(17)19-14)15-7-6-12(2)10-13(15)3/h6-7,10-11,16,18H,4-5,8-9H2,1-3H3. The van der Waals surface area contributed by atoms with Crippen molar-refractivity contribution in [1.29, 1.82) is 0 Å². The Morgan fingerprint density at radius 2 is 2.15 bits per heavy atom. The topological polar surface area (TPSA) is 29.9 Å². The molecule has 3 nitrogen and oxygen atoms in total. The summed E-state index contributed by atoms with van der Waals surface area (Å²) < 4.78 is 2.19. The lowest BCUT2D eigenvalue weighted by molar-refractivity contribution is 0.476. The molecule has 20 heavy (non-hydrogen) atoms. The van der Waals surface area contributed by atoms with Gasteiger partial charge in [-0.15, -0.1) is 0 Å². The molecule has 2 aromatic rings. The molecule has 0 radical (unpaired) electrons. The lowest BCUT2D eigenvalue weighted by atomic mass is 9.96. The summed E-state index contributed by atoms with van der Waals surface area (Å²) in [5.74, 6) is 1.17. The Balaban J connectivity index is 2.00. The van der Waals surface area contributed by atoms with Crippen molar-refractivity contribution in [1.82, 2.24) is 9.78 Å². The quantitative estimate of drug-likeness (QED) is 0.917. The maximum absolute atomic E-state index is 4.82. The minimum atomic E-state index is 0.373. The van der Waals surface area contributed by atoms with Gasteiger partial charge in [0.25, 0.3) is 0 Å². The Bertz CT molecular complexity index is 613. The van der Waals surface area contributed by atoms with Crippen molar-refractivity contribution >= 4 is 5.82 Å². The van der Waals surface area contributed by atoms with E-state index in [1.54, 1.807) is 0 Å². The molecule has 0 spiro atoms. The number of benzene rings is 1. The van der Waals surface area contributed by atoms with Gasteiger partial charge in [-0.25, -0.2) is 4.68 Å². The molecule has 0 aliphatic carbocycles. The molecule has 3 rings (SSSR count). The fourth-order valence-corrected chi connectivity index (χ4v) is 3.14. The van der Waals surface area contributed by atoms with Crippen molar-refractivity contribution < 1.29 is 0 Å². The molecule has 1 aliphatic rings. The highest BCUT2D eigenvalue weighted by Crippen LogP contribution is 2.32. The first-order valence-corrected chi connectivity index (χ1v) is 7.58. The third-order valence-corrected chi connectivity index (χ3v) is 4.10. The van der Waals surface area contributed by atoms with E-state index < -0.39 is 0 Å². The van der Waals surface area contributed by atoms with Crippen molar-refractivity contribution in [2.24, 2.45) is 0 Å². The van der Waals surface area contributed by atoms with Crippen molar-refractivity contribution in [3.05, 3.63) is 46.6 Å². The number of aryl methyl sites for hydroxylation is 3. The van der Waals surface area contributed by atoms with Crippen LogP contribution in [0, 0.1) is 13.8 Å². The molecule has 0 saturated carbocycles. The molecule has 1 aromatic heterocycles. The van der Waals surface area contributed by atoms with E-state index in [0.717, 1.165) is 25.8 Å². The highest BCUT2D eigenvalue weighted by molar-refractivity contribution is 5.43. The highest BCUT2D eigenvalue weighted by atomic mass is 15.4. The molecule has 1 atom stereocenters. The van der Waals surface area contributed by atoms with Crippen LogP contribution >= 0.6 is 0 Å². The van der Waals surface area contributed by atoms with E-state index in [4.69, 9.17) is 5.10 Å². The zero-order valence-corrected chi connectivity index (χ0v) is 12.6. The first kappa shape index (κ1) is 13.2. The molecule has 2 heterocycles. The van der Waals surface area contributed by atoms with Crippen LogP contribution in [0.5, 0.6) is 0 Å². The molecule has 1 N–H and O–H groups in total. The third kappa shape index (κ3) is 2.33. The molecule has 1 aliphatic heterocycles. The Morgan fingerprint density at radius 1 is 1.30 bits per heavy atom. The summed E-state index contributed by atoms with van der Waals surface area (Å²) >= 11 is 0. The molecule has 0 bridgehead atoms. The Hall–Kier alpha value is -1.77. The van der Waals surface area contributed by atoms with E-state index >= 15 is 0 Å². The zero-order chi connectivity index (χ0) is 14.1. The summed E-state index contributed by atoms with van der Waals surface area (Å²) in [6.45, 7) is 7.58. The van der Waals surface area contributed by atoms with E-state index in [-0.39, 0.29) is 0 Å². The first-order valence-electron chi connectivity index (χ1n) is 7.58. The van der Waals surface area contributed by atoms with E-state index in [1.165, 1.54) is 28.2 Å². The summed E-state index contributed by atoms with van der Waals surface area (Å²) in [7, 11) is 0. The maximum Gasteiger partial charge on any atom is 0.125 e. The number of nitrogens with one attached hydrogen (secondary N) is 1. The van der Waals surface area contributed by atoms with E-state index in [1.807, 2.05) is 0 Å². The SMILES string of the molecule is CCCc1cc2n(n1)C(c1ccc(C)cc1C)CCN2. The Kier molecular flexibility index (Phi) is 3.51. The van der Waals surface area contributed by atoms with E-state index in [2.05, 4.69) is 55.0 Å². The first-order chi connectivity index (χ1) is 9.69. The minimum absolute atomic E-state index is 0.373. The van der Waals surface area contributed by atoms with Gasteiger partial charge in [0.2, 0.25) is 0 Å². The summed E-state index contributed by atoms with van der Waals surface area (Å²) in [6.07, 6.45) is 3.30. The minimum Gasteiger partial charge on any atom is -0.370 e. The van der Waals surface area contributed by atoms with Gasteiger partial charge < -0.3 is 5.32 Å². The zero-order valence-electron chi connectivity index (χ0n) is 12.6. The van der Waals surface area contributed by atoms with E-state index in [9.17, 15) is 0 Å². The monoisotopic (exact) mass is 269 g/mol. The van der Waals surface area contributed by atoms with Crippen LogP contribution in [0.4, 0.5) is 5.82 Å². The molecular weight excluding hydrogens is 246 g/mol. The lowest BCUT2D eigenvalue weighted by Gasteiger charge is -2.27. The van der Waals surface area contributed by atoms with Crippen LogP contribution in [0.1, 0.15) is 48.2 Å². The van der Waals surface area contributed by atoms with Gasteiger partial charge in [-0.2, -0.15) is 5.10 Å².